The number of ketones is 1. The summed E-state index contributed by atoms with van der Waals surface area (Å²) >= 11 is 0. The van der Waals surface area contributed by atoms with Crippen LogP contribution in [0.5, 0.6) is 0 Å². The third kappa shape index (κ3) is 4.72. The molecular formula is C24H27N3O6. The summed E-state index contributed by atoms with van der Waals surface area (Å²) in [6.07, 6.45) is -2.22. The van der Waals surface area contributed by atoms with Crippen molar-refractivity contribution in [3.05, 3.63) is 58.0 Å². The van der Waals surface area contributed by atoms with Gasteiger partial charge in [0.1, 0.15) is 11.7 Å². The van der Waals surface area contributed by atoms with Crippen molar-refractivity contribution in [1.82, 2.24) is 0 Å². The molecule has 1 fully saturated rings. The molecule has 1 N–H and O–H groups in total. The maximum atomic E-state index is 12.3. The normalized spacial score (nSPS) is 31.3. The first-order chi connectivity index (χ1) is 15.7. The van der Waals surface area contributed by atoms with E-state index in [0.717, 1.165) is 21.9 Å². The fraction of sp³-hybridized carbons (Fsp3) is 0.500. The van der Waals surface area contributed by atoms with Gasteiger partial charge in [-0.2, -0.15) is 0 Å². The minimum atomic E-state index is -1.55. The zero-order valence-electron chi connectivity index (χ0n) is 18.8. The van der Waals surface area contributed by atoms with Crippen LogP contribution in [0.15, 0.2) is 41.5 Å². The maximum Gasteiger partial charge on any atom is 0.303 e. The predicted octanol–water partition coefficient (Wildman–Crippen LogP) is 3.91. The number of esters is 1. The molecule has 0 amide bonds. The molecule has 1 aliphatic heterocycles. The molecule has 0 radical (unpaired) electrons. The SMILES string of the molecule is CC(=O)O[C@@H]1[C@@H](N=[N+]=[N-])C[C@@H](O[C@H]2C[C@](O)(C(C)=O)Cc3cc4ccccc4cc32)O[C@H]1C. The molecule has 174 valence electrons. The van der Waals surface area contributed by atoms with E-state index in [9.17, 15) is 14.7 Å². The summed E-state index contributed by atoms with van der Waals surface area (Å²) in [7, 11) is 0. The van der Waals surface area contributed by atoms with E-state index >= 15 is 0 Å². The number of fused-ring (bicyclic) bond motifs is 2. The first kappa shape index (κ1) is 23.2. The fourth-order valence-electron chi connectivity index (χ4n) is 4.78. The van der Waals surface area contributed by atoms with E-state index in [4.69, 9.17) is 19.7 Å². The van der Waals surface area contributed by atoms with Gasteiger partial charge in [-0.1, -0.05) is 35.4 Å². The summed E-state index contributed by atoms with van der Waals surface area (Å²) in [4.78, 5) is 26.7. The largest absolute Gasteiger partial charge is 0.459 e. The van der Waals surface area contributed by atoms with Crippen LogP contribution in [0.2, 0.25) is 0 Å². The van der Waals surface area contributed by atoms with E-state index in [0.29, 0.717) is 0 Å². The van der Waals surface area contributed by atoms with Crippen molar-refractivity contribution in [2.75, 3.05) is 0 Å². The second-order valence-electron chi connectivity index (χ2n) is 8.84. The Balaban J connectivity index is 1.65. The lowest BCUT2D eigenvalue weighted by Crippen LogP contribution is -2.50. The van der Waals surface area contributed by atoms with Crippen molar-refractivity contribution in [2.45, 2.75) is 76.3 Å². The molecule has 4 rings (SSSR count). The lowest BCUT2D eigenvalue weighted by atomic mass is 9.76. The van der Waals surface area contributed by atoms with Crippen molar-refractivity contribution >= 4 is 22.5 Å². The summed E-state index contributed by atoms with van der Waals surface area (Å²) < 4.78 is 17.6. The average molecular weight is 453 g/mol. The van der Waals surface area contributed by atoms with Gasteiger partial charge in [0.15, 0.2) is 12.1 Å². The molecule has 9 heteroatoms. The Hall–Kier alpha value is -2.97. The Morgan fingerprint density at radius 1 is 1.24 bits per heavy atom. The van der Waals surface area contributed by atoms with Crippen LogP contribution in [0.25, 0.3) is 21.2 Å². The van der Waals surface area contributed by atoms with Crippen LogP contribution < -0.4 is 0 Å². The number of carbonyl (C=O) groups is 2. The third-order valence-electron chi connectivity index (χ3n) is 6.48. The van der Waals surface area contributed by atoms with E-state index in [1.165, 1.54) is 13.8 Å². The molecular weight excluding hydrogens is 426 g/mol. The molecule has 2 aliphatic rings. The van der Waals surface area contributed by atoms with Gasteiger partial charge in [0.25, 0.3) is 0 Å². The number of Topliss-reactive ketones (excluding diaryl/α,β-unsaturated/α-hetero) is 1. The van der Waals surface area contributed by atoms with Crippen molar-refractivity contribution in [1.29, 1.82) is 0 Å². The van der Waals surface area contributed by atoms with E-state index in [-0.39, 0.29) is 25.0 Å². The van der Waals surface area contributed by atoms with Crippen LogP contribution in [0, 0.1) is 0 Å². The monoisotopic (exact) mass is 453 g/mol. The minimum Gasteiger partial charge on any atom is -0.459 e. The standard InChI is InChI=1S/C24H27N3O6/c1-13-23(32-15(3)29)20(26-27-25)10-22(31-13)33-21-12-24(30,14(2)28)11-18-8-16-6-4-5-7-17(16)9-19(18)21/h4-9,13,20-23,30H,10-12H2,1-3H3/t13-,20-,21-,22+,23-,24-/m0/s1. The van der Waals surface area contributed by atoms with Gasteiger partial charge in [0, 0.05) is 31.1 Å². The smallest absolute Gasteiger partial charge is 0.303 e. The molecule has 1 aliphatic carbocycles. The van der Waals surface area contributed by atoms with Gasteiger partial charge >= 0.3 is 5.97 Å². The zero-order valence-corrected chi connectivity index (χ0v) is 18.8. The fourth-order valence-corrected chi connectivity index (χ4v) is 4.78. The number of hydrogen-bond donors (Lipinski definition) is 1. The molecule has 0 spiro atoms. The van der Waals surface area contributed by atoms with E-state index in [2.05, 4.69) is 10.0 Å². The topological polar surface area (TPSA) is 131 Å². The predicted molar refractivity (Wildman–Crippen MR) is 119 cm³/mol. The Kier molecular flexibility index (Phi) is 6.41. The molecule has 1 heterocycles. The quantitative estimate of drug-likeness (QED) is 0.316. The van der Waals surface area contributed by atoms with Crippen LogP contribution in [0.1, 0.15) is 50.8 Å². The molecule has 2 aromatic carbocycles. The molecule has 0 aromatic heterocycles. The molecule has 9 nitrogen and oxygen atoms in total. The summed E-state index contributed by atoms with van der Waals surface area (Å²) in [5.41, 5.74) is 9.17. The van der Waals surface area contributed by atoms with Gasteiger partial charge in [-0.25, -0.2) is 0 Å². The summed E-state index contributed by atoms with van der Waals surface area (Å²) in [5, 5.41) is 16.9. The number of azide groups is 1. The van der Waals surface area contributed by atoms with Gasteiger partial charge in [0.2, 0.25) is 0 Å². The Bertz CT molecular complexity index is 1130. The molecule has 2 aromatic rings. The number of rotatable bonds is 5. The van der Waals surface area contributed by atoms with Crippen LogP contribution in [-0.4, -0.2) is 47.0 Å². The second-order valence-corrected chi connectivity index (χ2v) is 8.84. The van der Waals surface area contributed by atoms with E-state index in [1.54, 1.807) is 6.92 Å². The Morgan fingerprint density at radius 2 is 1.94 bits per heavy atom. The van der Waals surface area contributed by atoms with Crippen LogP contribution in [-0.2, 0) is 30.2 Å². The molecule has 6 atom stereocenters. The van der Waals surface area contributed by atoms with Crippen molar-refractivity contribution < 1.29 is 28.9 Å². The second kappa shape index (κ2) is 9.11. The van der Waals surface area contributed by atoms with Gasteiger partial charge in [-0.05, 0) is 47.3 Å². The van der Waals surface area contributed by atoms with Gasteiger partial charge in [-0.3, -0.25) is 9.59 Å². The summed E-state index contributed by atoms with van der Waals surface area (Å²) in [6, 6.07) is 11.2. The number of aliphatic hydroxyl groups is 1. The molecule has 1 saturated heterocycles. The lowest BCUT2D eigenvalue weighted by Gasteiger charge is -2.42. The van der Waals surface area contributed by atoms with Gasteiger partial charge < -0.3 is 19.3 Å². The van der Waals surface area contributed by atoms with E-state index in [1.807, 2.05) is 36.4 Å². The Labute approximate surface area is 191 Å². The highest BCUT2D eigenvalue weighted by Gasteiger charge is 2.45. The van der Waals surface area contributed by atoms with Crippen LogP contribution in [0.3, 0.4) is 0 Å². The number of carbonyl (C=O) groups excluding carboxylic acids is 2. The maximum absolute atomic E-state index is 12.3. The number of ether oxygens (including phenoxy) is 3. The van der Waals surface area contributed by atoms with Gasteiger partial charge in [0.05, 0.1) is 18.2 Å². The average Bonchev–Trinajstić information content (AvgIpc) is 2.75. The molecule has 0 saturated carbocycles. The summed E-state index contributed by atoms with van der Waals surface area (Å²) in [6.45, 7) is 4.38. The number of hydrogen-bond acceptors (Lipinski definition) is 7. The van der Waals surface area contributed by atoms with Crippen LogP contribution in [0.4, 0.5) is 0 Å². The highest BCUT2D eigenvalue weighted by molar-refractivity contribution is 5.88. The van der Waals surface area contributed by atoms with Crippen molar-refractivity contribution in [3.63, 3.8) is 0 Å². The third-order valence-corrected chi connectivity index (χ3v) is 6.48. The number of nitrogens with zero attached hydrogens (tertiary/aromatic N) is 3. The van der Waals surface area contributed by atoms with Crippen LogP contribution >= 0.6 is 0 Å². The highest BCUT2D eigenvalue weighted by Crippen LogP contribution is 2.42. The summed E-state index contributed by atoms with van der Waals surface area (Å²) in [5.74, 6) is -0.817. The molecule has 33 heavy (non-hydrogen) atoms. The van der Waals surface area contributed by atoms with E-state index < -0.39 is 42.2 Å². The molecule has 0 bridgehead atoms. The molecule has 0 unspecified atom stereocenters. The van der Waals surface area contributed by atoms with Crippen molar-refractivity contribution in [2.24, 2.45) is 5.11 Å². The first-order valence-electron chi connectivity index (χ1n) is 11.0. The zero-order chi connectivity index (χ0) is 23.8. The minimum absolute atomic E-state index is 0.0848. The highest BCUT2D eigenvalue weighted by atomic mass is 16.7. The van der Waals surface area contributed by atoms with Crippen molar-refractivity contribution in [3.8, 4) is 0 Å². The number of benzene rings is 2. The Morgan fingerprint density at radius 3 is 2.58 bits per heavy atom. The lowest BCUT2D eigenvalue weighted by molar-refractivity contribution is -0.250. The van der Waals surface area contributed by atoms with Gasteiger partial charge in [-0.15, -0.1) is 0 Å². The first-order valence-corrected chi connectivity index (χ1v) is 11.0.